The van der Waals surface area contributed by atoms with E-state index in [2.05, 4.69) is 25.4 Å². The minimum atomic E-state index is -0.811. The van der Waals surface area contributed by atoms with Crippen molar-refractivity contribution in [1.29, 1.82) is 0 Å². The maximum atomic E-state index is 10.8. The van der Waals surface area contributed by atoms with Crippen molar-refractivity contribution in [1.82, 2.24) is 4.98 Å². The summed E-state index contributed by atoms with van der Waals surface area (Å²) in [4.78, 5) is 16.8. The number of carboxylic acids is 1. The van der Waals surface area contributed by atoms with Crippen LogP contribution in [-0.2, 0) is 4.79 Å². The van der Waals surface area contributed by atoms with Crippen molar-refractivity contribution < 1.29 is 14.6 Å². The number of ether oxygens (including phenoxy) is 1. The fourth-order valence-electron chi connectivity index (χ4n) is 2.88. The normalized spacial score (nSPS) is 11.2. The van der Waals surface area contributed by atoms with Crippen molar-refractivity contribution in [3.05, 3.63) is 67.0 Å². The van der Waals surface area contributed by atoms with Gasteiger partial charge in [0.05, 0.1) is 30.6 Å². The lowest BCUT2D eigenvalue weighted by atomic mass is 10.2. The molecule has 0 aliphatic rings. The average Bonchev–Trinajstić information content (AvgIpc) is 2.83. The topological polar surface area (TPSA) is 112 Å². The summed E-state index contributed by atoms with van der Waals surface area (Å²) in [5, 5.41) is 25.8. The molecular weight excluding hydrogens is 408 g/mol. The number of pyridine rings is 1. The summed E-state index contributed by atoms with van der Waals surface area (Å²) < 4.78 is 5.41. The third-order valence-electron chi connectivity index (χ3n) is 4.57. The molecule has 0 aliphatic heterocycles. The Hall–Kier alpha value is -4.14. The van der Waals surface area contributed by atoms with Crippen LogP contribution in [0, 0.1) is 0 Å². The number of carboxylic acid groups (broad SMARTS) is 1. The van der Waals surface area contributed by atoms with Crippen LogP contribution in [0.3, 0.4) is 0 Å². The molecule has 3 rings (SSSR count). The molecule has 0 fully saturated rings. The Morgan fingerprint density at radius 2 is 1.56 bits per heavy atom. The van der Waals surface area contributed by atoms with E-state index >= 15 is 0 Å². The first-order chi connectivity index (χ1) is 15.6. The van der Waals surface area contributed by atoms with Crippen molar-refractivity contribution in [2.45, 2.75) is 13.3 Å². The van der Waals surface area contributed by atoms with E-state index in [0.29, 0.717) is 35.0 Å². The summed E-state index contributed by atoms with van der Waals surface area (Å²) in [6, 6.07) is 16.3. The van der Waals surface area contributed by atoms with Crippen LogP contribution >= 0.6 is 0 Å². The van der Waals surface area contributed by atoms with Gasteiger partial charge in [0.1, 0.15) is 11.4 Å². The summed E-state index contributed by atoms with van der Waals surface area (Å²) in [7, 11) is 1.56. The number of hydrogen-bond donors (Lipinski definition) is 1. The first-order valence-corrected chi connectivity index (χ1v) is 10.1. The highest BCUT2D eigenvalue weighted by Gasteiger charge is 2.07. The summed E-state index contributed by atoms with van der Waals surface area (Å²) >= 11 is 0. The Bertz CT molecular complexity index is 1080. The molecule has 0 amide bonds. The molecule has 1 heterocycles. The van der Waals surface area contributed by atoms with Gasteiger partial charge in [-0.05, 0) is 55.5 Å². The van der Waals surface area contributed by atoms with Crippen LogP contribution in [0.25, 0.3) is 0 Å². The van der Waals surface area contributed by atoms with Crippen molar-refractivity contribution in [2.24, 2.45) is 20.5 Å². The molecule has 0 radical (unpaired) electrons. The number of methoxy groups -OCH3 is 1. The first-order valence-electron chi connectivity index (χ1n) is 10.1. The highest BCUT2D eigenvalue weighted by Crippen LogP contribution is 2.33. The molecule has 32 heavy (non-hydrogen) atoms. The maximum Gasteiger partial charge on any atom is 0.305 e. The van der Waals surface area contributed by atoms with Gasteiger partial charge in [0, 0.05) is 37.2 Å². The molecule has 9 nitrogen and oxygen atoms in total. The number of rotatable bonds is 10. The molecule has 3 aromatic rings. The van der Waals surface area contributed by atoms with Gasteiger partial charge in [-0.1, -0.05) is 0 Å². The zero-order chi connectivity index (χ0) is 22.8. The predicted molar refractivity (Wildman–Crippen MR) is 122 cm³/mol. The second-order valence-electron chi connectivity index (χ2n) is 6.70. The summed E-state index contributed by atoms with van der Waals surface area (Å²) in [6.07, 6.45) is 3.39. The molecule has 9 heteroatoms. The van der Waals surface area contributed by atoms with E-state index in [-0.39, 0.29) is 6.42 Å². The largest absolute Gasteiger partial charge is 0.494 e. The van der Waals surface area contributed by atoms with Crippen LogP contribution in [0.1, 0.15) is 13.3 Å². The molecular formula is C23H24N6O3. The zero-order valence-corrected chi connectivity index (χ0v) is 17.9. The number of nitrogens with zero attached hydrogens (tertiary/aromatic N) is 6. The molecule has 0 spiro atoms. The van der Waals surface area contributed by atoms with Gasteiger partial charge in [0.25, 0.3) is 0 Å². The van der Waals surface area contributed by atoms with Crippen LogP contribution in [0.15, 0.2) is 87.4 Å². The zero-order valence-electron chi connectivity index (χ0n) is 17.9. The lowest BCUT2D eigenvalue weighted by molar-refractivity contribution is -0.136. The van der Waals surface area contributed by atoms with Gasteiger partial charge in [0.15, 0.2) is 0 Å². The Morgan fingerprint density at radius 3 is 2.22 bits per heavy atom. The molecule has 0 saturated heterocycles. The lowest BCUT2D eigenvalue weighted by Gasteiger charge is -2.22. The van der Waals surface area contributed by atoms with Crippen molar-refractivity contribution in [2.75, 3.05) is 25.1 Å². The van der Waals surface area contributed by atoms with Crippen molar-refractivity contribution in [3.8, 4) is 5.75 Å². The van der Waals surface area contributed by atoms with Gasteiger partial charge >= 0.3 is 5.97 Å². The van der Waals surface area contributed by atoms with Crippen LogP contribution in [0.4, 0.5) is 28.4 Å². The number of aromatic nitrogens is 1. The highest BCUT2D eigenvalue weighted by atomic mass is 16.5. The quantitative estimate of drug-likeness (QED) is 0.382. The van der Waals surface area contributed by atoms with Crippen molar-refractivity contribution in [3.63, 3.8) is 0 Å². The summed E-state index contributed by atoms with van der Waals surface area (Å²) in [6.45, 7) is 3.17. The van der Waals surface area contributed by atoms with Gasteiger partial charge in [-0.25, -0.2) is 0 Å². The summed E-state index contributed by atoms with van der Waals surface area (Å²) in [5.74, 6) is -0.277. The predicted octanol–water partition coefficient (Wildman–Crippen LogP) is 6.22. The molecule has 0 bridgehead atoms. The number of benzene rings is 2. The van der Waals surface area contributed by atoms with E-state index in [1.54, 1.807) is 49.8 Å². The minimum absolute atomic E-state index is 0.0925. The molecule has 0 aliphatic carbocycles. The first kappa shape index (κ1) is 22.5. The number of azo groups is 2. The van der Waals surface area contributed by atoms with Crippen molar-refractivity contribution >= 4 is 34.4 Å². The molecule has 1 N–H and O–H groups in total. The van der Waals surface area contributed by atoms with Crippen LogP contribution in [0.5, 0.6) is 5.75 Å². The van der Waals surface area contributed by atoms with E-state index in [0.717, 1.165) is 12.2 Å². The van der Waals surface area contributed by atoms with Crippen LogP contribution in [-0.4, -0.2) is 36.3 Å². The van der Waals surface area contributed by atoms with Gasteiger partial charge in [-0.3, -0.25) is 9.78 Å². The third-order valence-corrected chi connectivity index (χ3v) is 4.57. The Balaban J connectivity index is 1.69. The maximum absolute atomic E-state index is 10.8. The molecule has 0 unspecified atom stereocenters. The SMILES string of the molecule is CCN(CCC(=O)O)c1ccc(/N=N/c2ccc(/N=N/c3ccncc3)c(OC)c2)cc1. The molecule has 2 aromatic carbocycles. The van der Waals surface area contributed by atoms with E-state index in [9.17, 15) is 4.79 Å². The molecule has 0 saturated carbocycles. The third kappa shape index (κ3) is 6.43. The Labute approximate surface area is 186 Å². The fraction of sp³-hybridized carbons (Fsp3) is 0.217. The smallest absolute Gasteiger partial charge is 0.305 e. The molecule has 164 valence electrons. The van der Waals surface area contributed by atoms with Gasteiger partial charge < -0.3 is 14.7 Å². The number of anilines is 1. The molecule has 0 atom stereocenters. The Morgan fingerprint density at radius 1 is 0.938 bits per heavy atom. The lowest BCUT2D eigenvalue weighted by Crippen LogP contribution is -2.25. The Kier molecular flexibility index (Phi) is 7.96. The van der Waals surface area contributed by atoms with Crippen LogP contribution < -0.4 is 9.64 Å². The monoisotopic (exact) mass is 432 g/mol. The summed E-state index contributed by atoms with van der Waals surface area (Å²) in [5.41, 5.74) is 3.51. The number of carbonyl (C=O) groups is 1. The van der Waals surface area contributed by atoms with E-state index < -0.39 is 5.97 Å². The van der Waals surface area contributed by atoms with E-state index in [1.165, 1.54) is 0 Å². The average molecular weight is 432 g/mol. The second-order valence-corrected chi connectivity index (χ2v) is 6.70. The van der Waals surface area contributed by atoms with E-state index in [1.807, 2.05) is 36.1 Å². The van der Waals surface area contributed by atoms with Gasteiger partial charge in [-0.2, -0.15) is 15.3 Å². The second kappa shape index (κ2) is 11.3. The number of hydrogen-bond acceptors (Lipinski definition) is 8. The number of aliphatic carboxylic acids is 1. The highest BCUT2D eigenvalue weighted by molar-refractivity contribution is 5.68. The molecule has 1 aromatic heterocycles. The van der Waals surface area contributed by atoms with Gasteiger partial charge in [0.2, 0.25) is 0 Å². The standard InChI is InChI=1S/C23H24N6O3/c1-3-29(15-12-23(30)31)20-7-4-17(5-8-20)25-27-19-6-9-21(22(16-19)32-2)28-26-18-10-13-24-14-11-18/h4-11,13-14,16H,3,12,15H2,1-2H3,(H,30,31)/b27-25+,28-26+. The van der Waals surface area contributed by atoms with Gasteiger partial charge in [-0.15, -0.1) is 5.11 Å². The fourth-order valence-corrected chi connectivity index (χ4v) is 2.88. The minimum Gasteiger partial charge on any atom is -0.494 e. The van der Waals surface area contributed by atoms with E-state index in [4.69, 9.17) is 9.84 Å². The van der Waals surface area contributed by atoms with Crippen LogP contribution in [0.2, 0.25) is 0 Å².